The molecule has 0 heterocycles. The molecular formula is C36H47Cl2N2O3PPdS. The maximum absolute atomic E-state index is 9.08. The van der Waals surface area contributed by atoms with Crippen LogP contribution in [0, 0.1) is 6.07 Å². The minimum Gasteiger partial charge on any atom is -0.748 e. The molecule has 254 valence electrons. The summed E-state index contributed by atoms with van der Waals surface area (Å²) in [5, 5.41) is 2.23. The van der Waals surface area contributed by atoms with Crippen molar-refractivity contribution in [2.75, 3.05) is 36.3 Å². The number of benzene rings is 4. The molecule has 46 heavy (non-hydrogen) atoms. The average Bonchev–Trinajstić information content (AvgIpc) is 2.92. The molecule has 0 fully saturated rings. The molecule has 10 heteroatoms. The van der Waals surface area contributed by atoms with Crippen LogP contribution in [0.4, 0.5) is 11.4 Å². The third-order valence-electron chi connectivity index (χ3n) is 6.12. The summed E-state index contributed by atoms with van der Waals surface area (Å²) in [5.74, 6) is 0. The minimum atomic E-state index is -3.92. The van der Waals surface area contributed by atoms with Crippen molar-refractivity contribution >= 4 is 57.9 Å². The zero-order valence-corrected chi connectivity index (χ0v) is 32.9. The molecule has 2 N–H and O–H groups in total. The van der Waals surface area contributed by atoms with Crippen molar-refractivity contribution in [3.8, 4) is 22.3 Å². The number of para-hydroxylation sites is 2. The summed E-state index contributed by atoms with van der Waals surface area (Å²) in [6.45, 7) is 14.3. The van der Waals surface area contributed by atoms with Crippen molar-refractivity contribution in [1.82, 2.24) is 0 Å². The molecule has 0 spiro atoms. The number of nitrogens with two attached hydrogens (primary N) is 1. The van der Waals surface area contributed by atoms with Crippen LogP contribution < -0.4 is 15.9 Å². The van der Waals surface area contributed by atoms with E-state index in [1.54, 1.807) is 0 Å². The van der Waals surface area contributed by atoms with Gasteiger partial charge in [-0.3, -0.25) is 0 Å². The Bertz CT molecular complexity index is 1540. The quantitative estimate of drug-likeness (QED) is 0.0556. The fourth-order valence-corrected chi connectivity index (χ4v) is 9.15. The number of alkyl halides is 2. The normalized spacial score (nSPS) is 11.0. The van der Waals surface area contributed by atoms with E-state index in [9.17, 15) is 0 Å². The van der Waals surface area contributed by atoms with Crippen LogP contribution in [0.15, 0.2) is 97.1 Å². The van der Waals surface area contributed by atoms with Gasteiger partial charge in [-0.2, -0.15) is 0 Å². The average molecular weight is 796 g/mol. The maximum Gasteiger partial charge on any atom is 2.00 e. The van der Waals surface area contributed by atoms with Gasteiger partial charge in [0, 0.05) is 31.6 Å². The van der Waals surface area contributed by atoms with Gasteiger partial charge in [-0.25, -0.2) is 8.42 Å². The Balaban J connectivity index is 0.000000767. The Hall–Kier alpha value is -1.94. The number of nitrogens with zero attached hydrogens (tertiary/aromatic N) is 1. The summed E-state index contributed by atoms with van der Waals surface area (Å²) in [5.41, 5.74) is 12.7. The summed E-state index contributed by atoms with van der Waals surface area (Å²) in [4.78, 5) is 2.21. The summed E-state index contributed by atoms with van der Waals surface area (Å²) in [6.07, 6.45) is 0.604. The third-order valence-corrected chi connectivity index (χ3v) is 9.68. The number of nitrogen functional groups attached to an aromatic ring is 1. The molecule has 0 radical (unpaired) electrons. The van der Waals surface area contributed by atoms with Crippen molar-refractivity contribution in [2.45, 2.75) is 51.9 Å². The SMILES string of the molecule is CN(C)c1ccccc1-c1ccccc1P(C(C)(C)C)C(C)(C)C.CS(=O)(=O)[O-].ClCCl.Nc1ccccc1-c1[c-]cccc1.[Pd+2]. The van der Waals surface area contributed by atoms with Crippen LogP contribution in [0.3, 0.4) is 0 Å². The molecule has 4 rings (SSSR count). The molecule has 0 bridgehead atoms. The van der Waals surface area contributed by atoms with Crippen LogP contribution in [0.25, 0.3) is 22.3 Å². The van der Waals surface area contributed by atoms with E-state index in [4.69, 9.17) is 41.9 Å². The van der Waals surface area contributed by atoms with E-state index in [1.807, 2.05) is 48.5 Å². The monoisotopic (exact) mass is 794 g/mol. The smallest absolute Gasteiger partial charge is 0.748 e. The van der Waals surface area contributed by atoms with Crippen LogP contribution >= 0.6 is 31.1 Å². The second kappa shape index (κ2) is 20.4. The van der Waals surface area contributed by atoms with Gasteiger partial charge in [0.25, 0.3) is 0 Å². The standard InChI is InChI=1S/C22H32NP.C12H10N.CH2Cl2.CH4O3S.Pd/c1-21(2,3)24(22(4,5)6)20-16-12-10-14-18(20)17-13-9-11-15-19(17)23(7)8;13-12-9-5-4-8-11(12)10-6-2-1-3-7-10;2-1-3;1-5(2,3)4;/h9-16H,1-8H3;1-6,8-9H,13H2;1H2;1H3,(H,2,3,4);/q;-1;;;+2/p-1. The van der Waals surface area contributed by atoms with Crippen molar-refractivity contribution in [3.05, 3.63) is 103 Å². The van der Waals surface area contributed by atoms with Crippen molar-refractivity contribution in [3.63, 3.8) is 0 Å². The first-order chi connectivity index (χ1) is 20.8. The number of halogens is 2. The Labute approximate surface area is 303 Å². The molecule has 0 aliphatic rings. The number of hydrogen-bond donors (Lipinski definition) is 1. The Morgan fingerprint density at radius 2 is 1.17 bits per heavy atom. The fourth-order valence-electron chi connectivity index (χ4n) is 5.02. The molecule has 5 nitrogen and oxygen atoms in total. The van der Waals surface area contributed by atoms with E-state index in [-0.39, 0.29) is 44.0 Å². The number of rotatable bonds is 4. The van der Waals surface area contributed by atoms with Gasteiger partial charge in [0.05, 0.1) is 15.5 Å². The topological polar surface area (TPSA) is 86.5 Å². The summed E-state index contributed by atoms with van der Waals surface area (Å²) < 4.78 is 27.2. The van der Waals surface area contributed by atoms with Gasteiger partial charge >= 0.3 is 20.4 Å². The second-order valence-corrected chi connectivity index (χ2v) is 18.3. The van der Waals surface area contributed by atoms with Crippen LogP contribution in [-0.2, 0) is 30.5 Å². The number of hydrogen-bond acceptors (Lipinski definition) is 5. The first-order valence-corrected chi connectivity index (χ1v) is 18.6. The van der Waals surface area contributed by atoms with Crippen molar-refractivity contribution in [2.24, 2.45) is 0 Å². The van der Waals surface area contributed by atoms with Crippen LogP contribution in [0.1, 0.15) is 41.5 Å². The maximum atomic E-state index is 9.08. The van der Waals surface area contributed by atoms with Gasteiger partial charge < -0.3 is 15.2 Å². The molecule has 4 aromatic rings. The molecule has 4 aromatic carbocycles. The Kier molecular flexibility index (Phi) is 19.6. The molecule has 0 amide bonds. The molecule has 0 saturated carbocycles. The molecule has 0 aliphatic carbocycles. The van der Waals surface area contributed by atoms with Gasteiger partial charge in [-0.05, 0) is 39.0 Å². The zero-order valence-electron chi connectivity index (χ0n) is 28.1. The first-order valence-electron chi connectivity index (χ1n) is 14.3. The number of anilines is 2. The predicted molar refractivity (Wildman–Crippen MR) is 200 cm³/mol. The van der Waals surface area contributed by atoms with Crippen LogP contribution in [-0.4, -0.2) is 49.0 Å². The molecular weight excluding hydrogens is 749 g/mol. The third kappa shape index (κ3) is 15.8. The van der Waals surface area contributed by atoms with E-state index in [0.717, 1.165) is 16.8 Å². The van der Waals surface area contributed by atoms with Gasteiger partial charge in [-0.15, -0.1) is 59.1 Å². The first kappa shape index (κ1) is 44.1. The van der Waals surface area contributed by atoms with Gasteiger partial charge in [0.15, 0.2) is 0 Å². The fraction of sp³-hybridized carbons (Fsp3) is 0.333. The van der Waals surface area contributed by atoms with E-state index in [0.29, 0.717) is 6.26 Å². The summed E-state index contributed by atoms with van der Waals surface area (Å²) in [6, 6.07) is 36.5. The Morgan fingerprint density at radius 1 is 0.761 bits per heavy atom. The molecule has 0 unspecified atom stereocenters. The van der Waals surface area contributed by atoms with Crippen LogP contribution in [0.5, 0.6) is 0 Å². The van der Waals surface area contributed by atoms with E-state index in [1.165, 1.54) is 22.1 Å². The molecule has 0 aliphatic heterocycles. The van der Waals surface area contributed by atoms with E-state index in [2.05, 4.69) is 115 Å². The molecule has 0 aromatic heterocycles. The summed E-state index contributed by atoms with van der Waals surface area (Å²) >= 11 is 9.53. The van der Waals surface area contributed by atoms with Gasteiger partial charge in [0.1, 0.15) is 0 Å². The molecule has 0 saturated heterocycles. The zero-order chi connectivity index (χ0) is 34.4. The van der Waals surface area contributed by atoms with Crippen LogP contribution in [0.2, 0.25) is 0 Å². The minimum absolute atomic E-state index is 0. The Morgan fingerprint density at radius 3 is 1.61 bits per heavy atom. The van der Waals surface area contributed by atoms with Gasteiger partial charge in [0.2, 0.25) is 0 Å². The largest absolute Gasteiger partial charge is 2.00 e. The van der Waals surface area contributed by atoms with E-state index >= 15 is 0 Å². The van der Waals surface area contributed by atoms with Crippen molar-refractivity contribution < 1.29 is 33.4 Å². The predicted octanol–water partition coefficient (Wildman–Crippen LogP) is 9.44. The summed E-state index contributed by atoms with van der Waals surface area (Å²) in [7, 11) is -0.00352. The van der Waals surface area contributed by atoms with E-state index < -0.39 is 10.1 Å². The second-order valence-electron chi connectivity index (χ2n) is 12.3. The van der Waals surface area contributed by atoms with Crippen molar-refractivity contribution in [1.29, 1.82) is 0 Å². The molecule has 0 atom stereocenters. The van der Waals surface area contributed by atoms with Gasteiger partial charge in [-0.1, -0.05) is 116 Å².